The maximum Gasteiger partial charge on any atom is 0.142 e. The van der Waals surface area contributed by atoms with Gasteiger partial charge < -0.3 is 24.9 Å². The van der Waals surface area contributed by atoms with E-state index in [0.717, 1.165) is 38.8 Å². The average Bonchev–Trinajstić information content (AvgIpc) is 2.52. The van der Waals surface area contributed by atoms with Crippen molar-refractivity contribution in [3.05, 3.63) is 0 Å². The van der Waals surface area contributed by atoms with Gasteiger partial charge in [0.25, 0.3) is 0 Å². The van der Waals surface area contributed by atoms with E-state index in [1.807, 2.05) is 0 Å². The van der Waals surface area contributed by atoms with Crippen LogP contribution in [0.2, 0.25) is 0 Å². The minimum Gasteiger partial charge on any atom is -0.390 e. The van der Waals surface area contributed by atoms with Crippen LogP contribution in [0.5, 0.6) is 0 Å². The van der Waals surface area contributed by atoms with Crippen LogP contribution in [-0.4, -0.2) is 75.5 Å². The molecule has 4 atom stereocenters. The molecule has 17 heavy (non-hydrogen) atoms. The summed E-state index contributed by atoms with van der Waals surface area (Å²) in [5.74, 6) is 0. The van der Waals surface area contributed by atoms with Gasteiger partial charge in [0, 0.05) is 0 Å². The van der Waals surface area contributed by atoms with E-state index in [0.29, 0.717) is 4.48 Å². The third-order valence-electron chi connectivity index (χ3n) is 4.73. The number of quaternary nitrogens is 1. The Kier molecular flexibility index (Phi) is 4.05. The summed E-state index contributed by atoms with van der Waals surface area (Å²) < 4.78 is 0.495. The molecule has 1 spiro atoms. The van der Waals surface area contributed by atoms with Gasteiger partial charge in [-0.15, -0.1) is 0 Å². The number of aliphatic hydroxyl groups excluding tert-OH is 4. The van der Waals surface area contributed by atoms with Crippen LogP contribution in [0.25, 0.3) is 0 Å². The van der Waals surface area contributed by atoms with E-state index in [1.54, 1.807) is 0 Å². The maximum absolute atomic E-state index is 10.0. The molecule has 0 aromatic rings. The Labute approximate surface area is 102 Å². The molecule has 0 aromatic carbocycles. The summed E-state index contributed by atoms with van der Waals surface area (Å²) in [6.07, 6.45) is 2.54. The second-order valence-electron chi connectivity index (χ2n) is 5.45. The first-order chi connectivity index (χ1) is 8.17. The molecule has 2 fully saturated rings. The molecular formula is C12H24NO4+. The van der Waals surface area contributed by atoms with Gasteiger partial charge in [-0.25, -0.2) is 0 Å². The molecular weight excluding hydrogens is 222 g/mol. The fraction of sp³-hybridized carbons (Fsp3) is 1.00. The van der Waals surface area contributed by atoms with E-state index >= 15 is 0 Å². The standard InChI is InChI=1S/C12H24NO4/c14-7-9-11(16)12(17)10(8-15)13(9)5-3-1-2-4-6-13/h9-12,14-17H,1-8H2/q+1/t9-,10-,11-,12-/m0/s1. The third-order valence-corrected chi connectivity index (χ3v) is 4.73. The molecule has 2 heterocycles. The predicted molar refractivity (Wildman–Crippen MR) is 62.2 cm³/mol. The van der Waals surface area contributed by atoms with E-state index in [4.69, 9.17) is 0 Å². The van der Waals surface area contributed by atoms with Gasteiger partial charge in [0.1, 0.15) is 24.3 Å². The molecule has 0 saturated carbocycles. The Bertz CT molecular complexity index is 235. The highest BCUT2D eigenvalue weighted by atomic mass is 16.3. The maximum atomic E-state index is 10.0. The fourth-order valence-corrected chi connectivity index (χ4v) is 3.79. The predicted octanol–water partition coefficient (Wildman–Crippen LogP) is -1.17. The number of hydrogen-bond acceptors (Lipinski definition) is 4. The van der Waals surface area contributed by atoms with Crippen molar-refractivity contribution in [3.8, 4) is 0 Å². The van der Waals surface area contributed by atoms with Gasteiger partial charge in [-0.2, -0.15) is 0 Å². The highest BCUT2D eigenvalue weighted by Crippen LogP contribution is 2.36. The molecule has 100 valence electrons. The third kappa shape index (κ3) is 2.00. The number of nitrogens with zero attached hydrogens (tertiary/aromatic N) is 1. The van der Waals surface area contributed by atoms with Gasteiger partial charge in [0.2, 0.25) is 0 Å². The zero-order valence-electron chi connectivity index (χ0n) is 10.2. The number of aliphatic hydroxyl groups is 4. The summed E-state index contributed by atoms with van der Waals surface area (Å²) in [6.45, 7) is 1.42. The highest BCUT2D eigenvalue weighted by molar-refractivity contribution is 4.92. The Hall–Kier alpha value is -0.200. The molecule has 0 aromatic heterocycles. The van der Waals surface area contributed by atoms with E-state index in [-0.39, 0.29) is 25.3 Å². The van der Waals surface area contributed by atoms with Gasteiger partial charge >= 0.3 is 0 Å². The number of rotatable bonds is 2. The molecule has 2 saturated heterocycles. The van der Waals surface area contributed by atoms with Crippen molar-refractivity contribution in [1.82, 2.24) is 0 Å². The molecule has 2 aliphatic rings. The molecule has 0 bridgehead atoms. The first kappa shape index (κ1) is 13.2. The summed E-state index contributed by atoms with van der Waals surface area (Å²) in [6, 6.07) is -0.694. The summed E-state index contributed by atoms with van der Waals surface area (Å²) in [4.78, 5) is 0. The van der Waals surface area contributed by atoms with Crippen LogP contribution in [0.1, 0.15) is 25.7 Å². The highest BCUT2D eigenvalue weighted by Gasteiger charge is 2.59. The lowest BCUT2D eigenvalue weighted by Crippen LogP contribution is -2.61. The molecule has 0 amide bonds. The van der Waals surface area contributed by atoms with Gasteiger partial charge in [-0.05, 0) is 25.7 Å². The summed E-state index contributed by atoms with van der Waals surface area (Å²) >= 11 is 0. The first-order valence-electron chi connectivity index (χ1n) is 6.61. The van der Waals surface area contributed by atoms with Crippen LogP contribution < -0.4 is 0 Å². The second kappa shape index (κ2) is 5.20. The first-order valence-corrected chi connectivity index (χ1v) is 6.61. The normalized spacial score (nSPS) is 41.6. The quantitative estimate of drug-likeness (QED) is 0.463. The monoisotopic (exact) mass is 246 g/mol. The SMILES string of the molecule is OC[C@H]1[C@H](O)[C@@H](O)[C@H](CO)[N+]12CCCCCC2. The minimum atomic E-state index is -0.921. The largest absolute Gasteiger partial charge is 0.390 e. The van der Waals surface area contributed by atoms with Crippen molar-refractivity contribution >= 4 is 0 Å². The summed E-state index contributed by atoms with van der Waals surface area (Å²) in [7, 11) is 0. The molecule has 4 N–H and O–H groups in total. The molecule has 0 radical (unpaired) electrons. The van der Waals surface area contributed by atoms with Gasteiger partial charge in [0.05, 0.1) is 26.3 Å². The van der Waals surface area contributed by atoms with Gasteiger partial charge in [-0.3, -0.25) is 0 Å². The molecule has 2 aliphatic heterocycles. The van der Waals surface area contributed by atoms with Crippen molar-refractivity contribution in [2.75, 3.05) is 26.3 Å². The van der Waals surface area contributed by atoms with E-state index in [9.17, 15) is 20.4 Å². The van der Waals surface area contributed by atoms with Crippen LogP contribution in [0.4, 0.5) is 0 Å². The van der Waals surface area contributed by atoms with E-state index in [1.165, 1.54) is 0 Å². The van der Waals surface area contributed by atoms with E-state index < -0.39 is 12.2 Å². The van der Waals surface area contributed by atoms with Crippen LogP contribution in [-0.2, 0) is 0 Å². The minimum absolute atomic E-state index is 0.130. The zero-order chi connectivity index (χ0) is 12.5. The van der Waals surface area contributed by atoms with Crippen LogP contribution >= 0.6 is 0 Å². The lowest BCUT2D eigenvalue weighted by atomic mass is 10.1. The molecule has 5 nitrogen and oxygen atoms in total. The van der Waals surface area contributed by atoms with Crippen LogP contribution in [0.15, 0.2) is 0 Å². The van der Waals surface area contributed by atoms with Crippen molar-refractivity contribution in [2.24, 2.45) is 0 Å². The zero-order valence-corrected chi connectivity index (χ0v) is 10.2. The van der Waals surface area contributed by atoms with E-state index in [2.05, 4.69) is 0 Å². The Morgan fingerprint density at radius 1 is 0.765 bits per heavy atom. The molecule has 0 aliphatic carbocycles. The van der Waals surface area contributed by atoms with Crippen molar-refractivity contribution < 1.29 is 24.9 Å². The van der Waals surface area contributed by atoms with Crippen molar-refractivity contribution in [2.45, 2.75) is 50.0 Å². The van der Waals surface area contributed by atoms with Gasteiger partial charge in [-0.1, -0.05) is 0 Å². The molecule has 0 unspecified atom stereocenters. The van der Waals surface area contributed by atoms with Crippen LogP contribution in [0.3, 0.4) is 0 Å². The second-order valence-corrected chi connectivity index (χ2v) is 5.45. The summed E-state index contributed by atoms with van der Waals surface area (Å²) in [5, 5.41) is 39.1. The Balaban J connectivity index is 2.30. The van der Waals surface area contributed by atoms with Crippen LogP contribution in [0, 0.1) is 0 Å². The lowest BCUT2D eigenvalue weighted by Gasteiger charge is -2.43. The Morgan fingerprint density at radius 3 is 1.53 bits per heavy atom. The van der Waals surface area contributed by atoms with Crippen molar-refractivity contribution in [3.63, 3.8) is 0 Å². The molecule has 5 heteroatoms. The van der Waals surface area contributed by atoms with Gasteiger partial charge in [0.15, 0.2) is 0 Å². The summed E-state index contributed by atoms with van der Waals surface area (Å²) in [5.41, 5.74) is 0. The smallest absolute Gasteiger partial charge is 0.142 e. The topological polar surface area (TPSA) is 80.9 Å². The number of hydrogen-bond donors (Lipinski definition) is 4. The Morgan fingerprint density at radius 2 is 1.18 bits per heavy atom. The molecule has 2 rings (SSSR count). The average molecular weight is 246 g/mol. The fourth-order valence-electron chi connectivity index (χ4n) is 3.79. The van der Waals surface area contributed by atoms with Crippen molar-refractivity contribution in [1.29, 1.82) is 0 Å². The lowest BCUT2D eigenvalue weighted by molar-refractivity contribution is -0.963.